The van der Waals surface area contributed by atoms with Gasteiger partial charge in [0.25, 0.3) is 0 Å². The van der Waals surface area contributed by atoms with E-state index in [9.17, 15) is 0 Å². The fourth-order valence-electron chi connectivity index (χ4n) is 1.38. The average Bonchev–Trinajstić information content (AvgIpc) is 2.65. The van der Waals surface area contributed by atoms with E-state index in [1.165, 1.54) is 0 Å². The minimum atomic E-state index is 0.614. The summed E-state index contributed by atoms with van der Waals surface area (Å²) < 4.78 is 5.50. The highest BCUT2D eigenvalue weighted by Crippen LogP contribution is 2.25. The summed E-state index contributed by atoms with van der Waals surface area (Å²) >= 11 is 1.87. The maximum atomic E-state index is 5.50. The Hall–Kier alpha value is -0.220. The first-order valence-corrected chi connectivity index (χ1v) is 7.00. The van der Waals surface area contributed by atoms with Crippen molar-refractivity contribution in [2.24, 2.45) is 16.8 Å². The summed E-state index contributed by atoms with van der Waals surface area (Å²) in [5.41, 5.74) is 0. The van der Waals surface area contributed by atoms with Gasteiger partial charge >= 0.3 is 0 Å². The molecule has 3 nitrogen and oxygen atoms in total. The Morgan fingerprint density at radius 3 is 2.75 bits per heavy atom. The van der Waals surface area contributed by atoms with E-state index in [2.05, 4.69) is 38.0 Å². The van der Waals surface area contributed by atoms with E-state index in [1.54, 1.807) is 0 Å². The molecule has 0 spiro atoms. The lowest BCUT2D eigenvalue weighted by molar-refractivity contribution is 0.114. The van der Waals surface area contributed by atoms with E-state index in [-0.39, 0.29) is 0 Å². The predicted molar refractivity (Wildman–Crippen MR) is 72.2 cm³/mol. The van der Waals surface area contributed by atoms with Crippen LogP contribution >= 0.6 is 11.8 Å². The largest absolute Gasteiger partial charge is 0.379 e. The van der Waals surface area contributed by atoms with Gasteiger partial charge in [0, 0.05) is 18.4 Å². The van der Waals surface area contributed by atoms with Gasteiger partial charge in [-0.1, -0.05) is 39.5 Å². The van der Waals surface area contributed by atoms with Crippen LogP contribution in [0.4, 0.5) is 0 Å². The number of amidine groups is 1. The van der Waals surface area contributed by atoms with Crippen molar-refractivity contribution in [2.75, 3.05) is 26.3 Å². The molecule has 1 N–H and O–H groups in total. The van der Waals surface area contributed by atoms with Crippen molar-refractivity contribution in [3.63, 3.8) is 0 Å². The zero-order valence-electron chi connectivity index (χ0n) is 10.8. The fourth-order valence-corrected chi connectivity index (χ4v) is 2.43. The van der Waals surface area contributed by atoms with Crippen LogP contribution in [0.3, 0.4) is 0 Å². The number of hydrogen-bond donors (Lipinski definition) is 1. The Morgan fingerprint density at radius 2 is 2.19 bits per heavy atom. The van der Waals surface area contributed by atoms with E-state index in [0.717, 1.165) is 31.5 Å². The van der Waals surface area contributed by atoms with Crippen molar-refractivity contribution < 1.29 is 4.74 Å². The van der Waals surface area contributed by atoms with Gasteiger partial charge in [-0.2, -0.15) is 0 Å². The van der Waals surface area contributed by atoms with Crippen LogP contribution in [0.25, 0.3) is 0 Å². The zero-order valence-corrected chi connectivity index (χ0v) is 11.6. The third kappa shape index (κ3) is 5.21. The van der Waals surface area contributed by atoms with Gasteiger partial charge < -0.3 is 10.1 Å². The van der Waals surface area contributed by atoms with Gasteiger partial charge in [-0.3, -0.25) is 4.99 Å². The second-order valence-electron chi connectivity index (χ2n) is 4.94. The third-order valence-electron chi connectivity index (χ3n) is 2.40. The Balaban J connectivity index is 2.02. The fraction of sp³-hybridized carbons (Fsp3) is 0.917. The number of nitrogens with one attached hydrogen (secondary N) is 1. The minimum Gasteiger partial charge on any atom is -0.379 e. The zero-order chi connectivity index (χ0) is 12.0. The molecule has 0 fully saturated rings. The molecule has 0 saturated carbocycles. The molecule has 16 heavy (non-hydrogen) atoms. The molecule has 1 aliphatic heterocycles. The number of rotatable bonds is 6. The van der Waals surface area contributed by atoms with Crippen molar-refractivity contribution in [1.82, 2.24) is 5.32 Å². The standard InChI is InChI=1S/C12H24N2OS/c1-9(2)8-15-6-5-13-12-14-7-11(16-12)10(3)4/h9-11H,5-8H2,1-4H3,(H,13,14). The molecule has 4 heteroatoms. The van der Waals surface area contributed by atoms with Gasteiger partial charge in [-0.15, -0.1) is 0 Å². The highest BCUT2D eigenvalue weighted by molar-refractivity contribution is 8.14. The first-order chi connectivity index (χ1) is 7.59. The van der Waals surface area contributed by atoms with Crippen molar-refractivity contribution in [2.45, 2.75) is 32.9 Å². The Morgan fingerprint density at radius 1 is 1.44 bits per heavy atom. The highest BCUT2D eigenvalue weighted by Gasteiger charge is 2.21. The number of nitrogens with zero attached hydrogens (tertiary/aromatic N) is 1. The Bertz CT molecular complexity index is 229. The maximum Gasteiger partial charge on any atom is 0.157 e. The van der Waals surface area contributed by atoms with E-state index >= 15 is 0 Å². The summed E-state index contributed by atoms with van der Waals surface area (Å²) in [7, 11) is 0. The van der Waals surface area contributed by atoms with Crippen LogP contribution < -0.4 is 5.32 Å². The van der Waals surface area contributed by atoms with Gasteiger partial charge in [0.15, 0.2) is 5.17 Å². The molecule has 0 aromatic rings. The second-order valence-corrected chi connectivity index (χ2v) is 6.17. The molecular weight excluding hydrogens is 220 g/mol. The molecule has 0 aromatic carbocycles. The van der Waals surface area contributed by atoms with Gasteiger partial charge in [-0.05, 0) is 11.8 Å². The monoisotopic (exact) mass is 244 g/mol. The first-order valence-electron chi connectivity index (χ1n) is 6.12. The lowest BCUT2D eigenvalue weighted by Crippen LogP contribution is -2.25. The molecule has 1 atom stereocenters. The van der Waals surface area contributed by atoms with Crippen LogP contribution in [0.2, 0.25) is 0 Å². The first kappa shape index (κ1) is 13.8. The third-order valence-corrected chi connectivity index (χ3v) is 3.89. The van der Waals surface area contributed by atoms with Crippen molar-refractivity contribution in [3.8, 4) is 0 Å². The smallest absolute Gasteiger partial charge is 0.157 e. The molecule has 0 aliphatic carbocycles. The molecule has 0 aromatic heterocycles. The predicted octanol–water partition coefficient (Wildman–Crippen LogP) is 2.38. The molecule has 1 aliphatic rings. The average molecular weight is 244 g/mol. The van der Waals surface area contributed by atoms with Crippen LogP contribution in [-0.4, -0.2) is 36.7 Å². The van der Waals surface area contributed by atoms with Gasteiger partial charge in [0.05, 0.1) is 13.2 Å². The van der Waals surface area contributed by atoms with E-state index < -0.39 is 0 Å². The van der Waals surface area contributed by atoms with Gasteiger partial charge in [0.1, 0.15) is 0 Å². The second kappa shape index (κ2) is 7.17. The summed E-state index contributed by atoms with van der Waals surface area (Å²) in [5.74, 6) is 1.31. The topological polar surface area (TPSA) is 33.6 Å². The van der Waals surface area contributed by atoms with E-state index in [4.69, 9.17) is 4.74 Å². The van der Waals surface area contributed by atoms with Crippen LogP contribution in [0.5, 0.6) is 0 Å². The molecule has 0 bridgehead atoms. The minimum absolute atomic E-state index is 0.614. The molecule has 1 unspecified atom stereocenters. The summed E-state index contributed by atoms with van der Waals surface area (Å²) in [5, 5.41) is 5.07. The Labute approximate surface area is 103 Å². The number of thioether (sulfide) groups is 1. The summed E-state index contributed by atoms with van der Waals surface area (Å²) in [4.78, 5) is 4.48. The van der Waals surface area contributed by atoms with Crippen molar-refractivity contribution >= 4 is 16.9 Å². The van der Waals surface area contributed by atoms with Crippen molar-refractivity contribution in [1.29, 1.82) is 0 Å². The van der Waals surface area contributed by atoms with E-state index in [0.29, 0.717) is 17.1 Å². The molecular formula is C12H24N2OS. The quantitative estimate of drug-likeness (QED) is 0.728. The Kier molecular flexibility index (Phi) is 6.21. The maximum absolute atomic E-state index is 5.50. The lowest BCUT2D eigenvalue weighted by Gasteiger charge is -2.12. The van der Waals surface area contributed by atoms with Crippen LogP contribution in [0.1, 0.15) is 27.7 Å². The highest BCUT2D eigenvalue weighted by atomic mass is 32.2. The van der Waals surface area contributed by atoms with Crippen molar-refractivity contribution in [3.05, 3.63) is 0 Å². The van der Waals surface area contributed by atoms with E-state index in [1.807, 2.05) is 11.8 Å². The number of aliphatic imine (C=N–C) groups is 1. The molecule has 0 saturated heterocycles. The molecule has 94 valence electrons. The summed E-state index contributed by atoms with van der Waals surface area (Å²) in [6, 6.07) is 0. The van der Waals surface area contributed by atoms with Crippen LogP contribution in [0, 0.1) is 11.8 Å². The van der Waals surface area contributed by atoms with Gasteiger partial charge in [0.2, 0.25) is 0 Å². The normalized spacial score (nSPS) is 20.6. The lowest BCUT2D eigenvalue weighted by atomic mass is 10.1. The number of ether oxygens (including phenoxy) is 1. The summed E-state index contributed by atoms with van der Waals surface area (Å²) in [6.45, 7) is 12.3. The molecule has 0 radical (unpaired) electrons. The molecule has 1 rings (SSSR count). The summed E-state index contributed by atoms with van der Waals surface area (Å²) in [6.07, 6.45) is 0. The SMILES string of the molecule is CC(C)COCCNC1=NCC(C(C)C)S1. The van der Waals surface area contributed by atoms with Gasteiger partial charge in [-0.25, -0.2) is 0 Å². The molecule has 1 heterocycles. The molecule has 0 amide bonds. The number of hydrogen-bond acceptors (Lipinski definition) is 4. The van der Waals surface area contributed by atoms with Crippen LogP contribution in [-0.2, 0) is 4.74 Å². The van der Waals surface area contributed by atoms with Crippen LogP contribution in [0.15, 0.2) is 4.99 Å².